The molecule has 2 rings (SSSR count). The predicted molar refractivity (Wildman–Crippen MR) is 97.4 cm³/mol. The van der Waals surface area contributed by atoms with Gasteiger partial charge in [0.2, 0.25) is 5.91 Å². The fourth-order valence-corrected chi connectivity index (χ4v) is 2.59. The van der Waals surface area contributed by atoms with Crippen LogP contribution in [-0.4, -0.2) is 34.7 Å². The monoisotopic (exact) mass is 343 g/mol. The van der Waals surface area contributed by atoms with E-state index in [-0.39, 0.29) is 17.9 Å². The van der Waals surface area contributed by atoms with Crippen LogP contribution in [0, 0.1) is 6.92 Å². The Morgan fingerprint density at radius 3 is 2.48 bits per heavy atom. The molecule has 0 fully saturated rings. The molecule has 0 saturated heterocycles. The minimum Gasteiger partial charge on any atom is -0.350 e. The molecule has 0 radical (unpaired) electrons. The Morgan fingerprint density at radius 2 is 1.96 bits per heavy atom. The topological polar surface area (TPSA) is 88.1 Å². The van der Waals surface area contributed by atoms with Gasteiger partial charge in [-0.15, -0.1) is 0 Å². The van der Waals surface area contributed by atoms with Gasteiger partial charge in [0.1, 0.15) is 6.04 Å². The number of hydrogen-bond donors (Lipinski definition) is 3. The van der Waals surface area contributed by atoms with E-state index >= 15 is 0 Å². The maximum Gasteiger partial charge on any atom is 0.251 e. The predicted octanol–water partition coefficient (Wildman–Crippen LogP) is 1.77. The maximum absolute atomic E-state index is 12.5. The zero-order chi connectivity index (χ0) is 18.6. The summed E-state index contributed by atoms with van der Waals surface area (Å²) in [5.41, 5.74) is 2.84. The van der Waals surface area contributed by atoms with E-state index in [9.17, 15) is 9.59 Å². The van der Waals surface area contributed by atoms with Crippen molar-refractivity contribution in [3.8, 4) is 0 Å². The van der Waals surface area contributed by atoms with E-state index in [4.69, 9.17) is 0 Å². The number of likely N-dealkylation sites (N-methyl/N-ethyl adjacent to an activating group) is 1. The number of carbonyl (C=O) groups is 2. The number of carbonyl (C=O) groups excluding carboxylic acids is 2. The highest BCUT2D eigenvalue weighted by Gasteiger charge is 2.20. The van der Waals surface area contributed by atoms with Crippen LogP contribution in [0.1, 0.15) is 41.4 Å². The van der Waals surface area contributed by atoms with Crippen molar-refractivity contribution in [2.75, 3.05) is 12.4 Å². The van der Waals surface area contributed by atoms with E-state index in [0.29, 0.717) is 11.3 Å². The SMILES string of the molecule is CNC(C(=O)Nc1ccc(C(=O)NC(C)C)c(C)c1)c1cnn(C)c1. The molecule has 1 aromatic carbocycles. The number of aromatic nitrogens is 2. The van der Waals surface area contributed by atoms with Gasteiger partial charge >= 0.3 is 0 Å². The molecule has 2 aromatic rings. The number of nitrogens with zero attached hydrogens (tertiary/aromatic N) is 2. The summed E-state index contributed by atoms with van der Waals surface area (Å²) >= 11 is 0. The number of hydrogen-bond acceptors (Lipinski definition) is 4. The molecule has 0 aliphatic carbocycles. The Morgan fingerprint density at radius 1 is 1.24 bits per heavy atom. The zero-order valence-corrected chi connectivity index (χ0v) is 15.3. The molecule has 0 aliphatic rings. The summed E-state index contributed by atoms with van der Waals surface area (Å²) in [6, 6.07) is 4.82. The lowest BCUT2D eigenvalue weighted by molar-refractivity contribution is -0.118. The molecule has 2 amide bonds. The van der Waals surface area contributed by atoms with Gasteiger partial charge in [-0.3, -0.25) is 14.3 Å². The van der Waals surface area contributed by atoms with Gasteiger partial charge in [-0.1, -0.05) is 0 Å². The molecule has 25 heavy (non-hydrogen) atoms. The van der Waals surface area contributed by atoms with E-state index < -0.39 is 6.04 Å². The highest BCUT2D eigenvalue weighted by atomic mass is 16.2. The first-order chi connectivity index (χ1) is 11.8. The van der Waals surface area contributed by atoms with Crippen LogP contribution < -0.4 is 16.0 Å². The van der Waals surface area contributed by atoms with E-state index in [0.717, 1.165) is 11.1 Å². The fraction of sp³-hybridized carbons (Fsp3) is 0.389. The number of amides is 2. The first-order valence-corrected chi connectivity index (χ1v) is 8.20. The lowest BCUT2D eigenvalue weighted by Gasteiger charge is -2.16. The first-order valence-electron chi connectivity index (χ1n) is 8.20. The molecule has 3 N–H and O–H groups in total. The van der Waals surface area contributed by atoms with E-state index in [1.807, 2.05) is 20.8 Å². The van der Waals surface area contributed by atoms with Gasteiger partial charge in [0.05, 0.1) is 6.20 Å². The zero-order valence-electron chi connectivity index (χ0n) is 15.3. The van der Waals surface area contributed by atoms with Gasteiger partial charge in [0, 0.05) is 36.1 Å². The molecular weight excluding hydrogens is 318 g/mol. The normalized spacial score (nSPS) is 12.1. The summed E-state index contributed by atoms with van der Waals surface area (Å²) in [7, 11) is 3.53. The van der Waals surface area contributed by atoms with E-state index in [2.05, 4.69) is 21.0 Å². The third kappa shape index (κ3) is 4.67. The summed E-state index contributed by atoms with van der Waals surface area (Å²) in [6.07, 6.45) is 3.46. The first kappa shape index (κ1) is 18.7. The van der Waals surface area contributed by atoms with Crippen LogP contribution >= 0.6 is 0 Å². The number of nitrogens with one attached hydrogen (secondary N) is 3. The van der Waals surface area contributed by atoms with Gasteiger partial charge in [0.25, 0.3) is 5.91 Å². The molecule has 0 spiro atoms. The van der Waals surface area contributed by atoms with Crippen LogP contribution in [0.3, 0.4) is 0 Å². The maximum atomic E-state index is 12.5. The van der Waals surface area contributed by atoms with Gasteiger partial charge < -0.3 is 16.0 Å². The summed E-state index contributed by atoms with van der Waals surface area (Å²) in [5.74, 6) is -0.303. The van der Waals surface area contributed by atoms with Crippen molar-refractivity contribution < 1.29 is 9.59 Å². The van der Waals surface area contributed by atoms with Crippen molar-refractivity contribution >= 4 is 17.5 Å². The van der Waals surface area contributed by atoms with Crippen LogP contribution in [0.2, 0.25) is 0 Å². The Bertz CT molecular complexity index is 767. The summed E-state index contributed by atoms with van der Waals surface area (Å²) in [6.45, 7) is 5.68. The number of rotatable bonds is 6. The Balaban J connectivity index is 2.13. The van der Waals surface area contributed by atoms with Crippen molar-refractivity contribution in [1.82, 2.24) is 20.4 Å². The number of anilines is 1. The van der Waals surface area contributed by atoms with Gasteiger partial charge in [-0.05, 0) is 51.6 Å². The number of aryl methyl sites for hydroxylation is 2. The van der Waals surface area contributed by atoms with E-state index in [1.165, 1.54) is 0 Å². The molecule has 1 unspecified atom stereocenters. The lowest BCUT2D eigenvalue weighted by Crippen LogP contribution is -2.31. The van der Waals surface area contributed by atoms with E-state index in [1.54, 1.807) is 49.4 Å². The lowest BCUT2D eigenvalue weighted by atomic mass is 10.1. The third-order valence-electron chi connectivity index (χ3n) is 3.77. The van der Waals surface area contributed by atoms with Crippen molar-refractivity contribution in [2.45, 2.75) is 32.9 Å². The van der Waals surface area contributed by atoms with Crippen LogP contribution in [0.15, 0.2) is 30.6 Å². The highest BCUT2D eigenvalue weighted by molar-refractivity contribution is 5.98. The Hall–Kier alpha value is -2.67. The standard InChI is InChI=1S/C18H25N5O2/c1-11(2)21-17(24)15-7-6-14(8-12(15)3)22-18(25)16(19-4)13-9-20-23(5)10-13/h6-11,16,19H,1-5H3,(H,21,24)(H,22,25). The van der Waals surface area contributed by atoms with Crippen LogP contribution in [0.4, 0.5) is 5.69 Å². The largest absolute Gasteiger partial charge is 0.350 e. The van der Waals surface area contributed by atoms with Crippen molar-refractivity contribution in [3.63, 3.8) is 0 Å². The van der Waals surface area contributed by atoms with Gasteiger partial charge in [0.15, 0.2) is 0 Å². The fourth-order valence-electron chi connectivity index (χ4n) is 2.59. The van der Waals surface area contributed by atoms with Crippen molar-refractivity contribution in [1.29, 1.82) is 0 Å². The minimum absolute atomic E-state index is 0.0714. The molecule has 7 heteroatoms. The smallest absolute Gasteiger partial charge is 0.251 e. The van der Waals surface area contributed by atoms with Crippen molar-refractivity contribution in [2.24, 2.45) is 7.05 Å². The van der Waals surface area contributed by atoms with Gasteiger partial charge in [-0.25, -0.2) is 0 Å². The third-order valence-corrected chi connectivity index (χ3v) is 3.77. The molecular formula is C18H25N5O2. The summed E-state index contributed by atoms with van der Waals surface area (Å²) in [4.78, 5) is 24.7. The average Bonchev–Trinajstić information content (AvgIpc) is 2.93. The molecule has 134 valence electrons. The minimum atomic E-state index is -0.502. The Kier molecular flexibility index (Phi) is 5.93. The molecule has 0 aliphatic heterocycles. The summed E-state index contributed by atoms with van der Waals surface area (Å²) < 4.78 is 1.65. The quantitative estimate of drug-likeness (QED) is 0.746. The van der Waals surface area contributed by atoms with Crippen LogP contribution in [0.25, 0.3) is 0 Å². The molecule has 1 atom stereocenters. The molecule has 7 nitrogen and oxygen atoms in total. The second kappa shape index (κ2) is 7.94. The molecule has 1 heterocycles. The average molecular weight is 343 g/mol. The highest BCUT2D eigenvalue weighted by Crippen LogP contribution is 2.18. The van der Waals surface area contributed by atoms with Crippen molar-refractivity contribution in [3.05, 3.63) is 47.3 Å². The second-order valence-electron chi connectivity index (χ2n) is 6.32. The number of benzene rings is 1. The Labute approximate surface area is 147 Å². The van der Waals surface area contributed by atoms with Crippen LogP contribution in [-0.2, 0) is 11.8 Å². The second-order valence-corrected chi connectivity index (χ2v) is 6.32. The molecule has 1 aromatic heterocycles. The molecule has 0 bridgehead atoms. The summed E-state index contributed by atoms with van der Waals surface area (Å²) in [5, 5.41) is 12.8. The molecule has 0 saturated carbocycles. The van der Waals surface area contributed by atoms with Crippen LogP contribution in [0.5, 0.6) is 0 Å². The van der Waals surface area contributed by atoms with Gasteiger partial charge in [-0.2, -0.15) is 5.10 Å².